The van der Waals surface area contributed by atoms with E-state index in [1.54, 1.807) is 30.3 Å². The molecule has 0 bridgehead atoms. The number of amides is 1. The molecule has 154 valence electrons. The molecule has 0 atom stereocenters. The highest BCUT2D eigenvalue weighted by molar-refractivity contribution is 7.90. The second-order valence-electron chi connectivity index (χ2n) is 5.90. The molecule has 0 saturated heterocycles. The summed E-state index contributed by atoms with van der Waals surface area (Å²) in [6.07, 6.45) is 3.69. The predicted octanol–water partition coefficient (Wildman–Crippen LogP) is 2.30. The summed E-state index contributed by atoms with van der Waals surface area (Å²) in [5.74, 6) is -0.285. The van der Waals surface area contributed by atoms with Crippen LogP contribution < -0.4 is 14.8 Å². The molecule has 0 fully saturated rings. The lowest BCUT2D eigenvalue weighted by atomic mass is 10.2. The van der Waals surface area contributed by atoms with Crippen molar-refractivity contribution >= 4 is 33.5 Å². The Bertz CT molecular complexity index is 1010. The number of anilines is 1. The van der Waals surface area contributed by atoms with E-state index < -0.39 is 28.3 Å². The fourth-order valence-electron chi connectivity index (χ4n) is 2.35. The second kappa shape index (κ2) is 9.74. The Hall–Kier alpha value is -3.33. The third-order valence-electron chi connectivity index (χ3n) is 3.69. The zero-order valence-electron chi connectivity index (χ0n) is 16.2. The van der Waals surface area contributed by atoms with Gasteiger partial charge < -0.3 is 19.5 Å². The molecule has 2 rings (SSSR count). The summed E-state index contributed by atoms with van der Waals surface area (Å²) >= 11 is 0. The number of methoxy groups -OCH3 is 2. The van der Waals surface area contributed by atoms with Crippen LogP contribution in [0.3, 0.4) is 0 Å². The van der Waals surface area contributed by atoms with Gasteiger partial charge in [0, 0.05) is 18.4 Å². The fourth-order valence-corrected chi connectivity index (χ4v) is 3.20. The third kappa shape index (κ3) is 6.65. The van der Waals surface area contributed by atoms with Gasteiger partial charge in [0.25, 0.3) is 5.91 Å². The Kier molecular flexibility index (Phi) is 7.38. The lowest BCUT2D eigenvalue weighted by Gasteiger charge is -2.09. The van der Waals surface area contributed by atoms with Gasteiger partial charge in [-0.1, -0.05) is 12.1 Å². The van der Waals surface area contributed by atoms with Crippen molar-refractivity contribution in [1.82, 2.24) is 0 Å². The van der Waals surface area contributed by atoms with Gasteiger partial charge in [0.05, 0.1) is 24.8 Å². The van der Waals surface area contributed by atoms with E-state index in [2.05, 4.69) is 5.32 Å². The van der Waals surface area contributed by atoms with E-state index in [0.717, 1.165) is 12.3 Å². The number of sulfone groups is 1. The molecule has 2 aromatic carbocycles. The van der Waals surface area contributed by atoms with Crippen LogP contribution in [0.15, 0.2) is 53.4 Å². The van der Waals surface area contributed by atoms with Crippen LogP contribution in [-0.2, 0) is 24.2 Å². The summed E-state index contributed by atoms with van der Waals surface area (Å²) in [5.41, 5.74) is 0.764. The maximum absolute atomic E-state index is 12.0. The third-order valence-corrected chi connectivity index (χ3v) is 4.85. The normalized spacial score (nSPS) is 11.1. The Morgan fingerprint density at radius 1 is 1.03 bits per heavy atom. The van der Waals surface area contributed by atoms with Gasteiger partial charge in [-0.3, -0.25) is 4.79 Å². The summed E-state index contributed by atoms with van der Waals surface area (Å²) in [5, 5.41) is 2.42. The lowest BCUT2D eigenvalue weighted by Crippen LogP contribution is -2.21. The topological polar surface area (TPSA) is 108 Å². The number of rotatable bonds is 8. The number of benzene rings is 2. The van der Waals surface area contributed by atoms with Gasteiger partial charge in [-0.15, -0.1) is 0 Å². The highest BCUT2D eigenvalue weighted by Crippen LogP contribution is 2.23. The van der Waals surface area contributed by atoms with Crippen LogP contribution in [-0.4, -0.2) is 47.4 Å². The summed E-state index contributed by atoms with van der Waals surface area (Å²) in [4.78, 5) is 23.8. The molecule has 1 amide bonds. The minimum atomic E-state index is -3.52. The number of carbonyl (C=O) groups is 2. The number of nitrogens with one attached hydrogen (secondary N) is 1. The van der Waals surface area contributed by atoms with Gasteiger partial charge in [0.1, 0.15) is 11.5 Å². The van der Waals surface area contributed by atoms with Crippen LogP contribution in [0.1, 0.15) is 5.56 Å². The van der Waals surface area contributed by atoms with Crippen molar-refractivity contribution in [3.8, 4) is 11.5 Å². The zero-order valence-corrected chi connectivity index (χ0v) is 17.0. The van der Waals surface area contributed by atoms with E-state index in [1.807, 2.05) is 0 Å². The molecule has 0 spiro atoms. The quantitative estimate of drug-likeness (QED) is 0.517. The Morgan fingerprint density at radius 3 is 2.24 bits per heavy atom. The number of hydrogen-bond acceptors (Lipinski definition) is 7. The molecule has 0 aromatic heterocycles. The first kappa shape index (κ1) is 22.0. The van der Waals surface area contributed by atoms with Crippen molar-refractivity contribution in [3.63, 3.8) is 0 Å². The van der Waals surface area contributed by atoms with E-state index in [-0.39, 0.29) is 10.6 Å². The first-order chi connectivity index (χ1) is 13.7. The average molecular weight is 419 g/mol. The minimum Gasteiger partial charge on any atom is -0.497 e. The number of hydrogen-bond donors (Lipinski definition) is 1. The van der Waals surface area contributed by atoms with Gasteiger partial charge in [0.15, 0.2) is 16.4 Å². The summed E-state index contributed by atoms with van der Waals surface area (Å²) in [7, 11) is -0.493. The standard InChI is InChI=1S/C20H21NO7S/c1-26-15-10-14(11-16(12-15)27-2)8-9-20(23)28-13-19(22)21-17-6-4-5-7-18(17)29(3,24)25/h4-12H,13H2,1-3H3,(H,21,22)/b9-8+. The monoisotopic (exact) mass is 419 g/mol. The number of carbonyl (C=O) groups excluding carboxylic acids is 2. The molecule has 29 heavy (non-hydrogen) atoms. The molecule has 9 heteroatoms. The molecule has 0 aliphatic heterocycles. The Balaban J connectivity index is 1.96. The molecule has 0 radical (unpaired) electrons. The smallest absolute Gasteiger partial charge is 0.331 e. The van der Waals surface area contributed by atoms with Gasteiger partial charge in [-0.05, 0) is 35.9 Å². The molecular formula is C20H21NO7S. The van der Waals surface area contributed by atoms with Crippen molar-refractivity contribution in [2.45, 2.75) is 4.90 Å². The van der Waals surface area contributed by atoms with Crippen LogP contribution >= 0.6 is 0 Å². The fraction of sp³-hybridized carbons (Fsp3) is 0.200. The Morgan fingerprint density at radius 2 is 1.66 bits per heavy atom. The van der Waals surface area contributed by atoms with Crippen LogP contribution in [0.2, 0.25) is 0 Å². The minimum absolute atomic E-state index is 0.0217. The first-order valence-corrected chi connectivity index (χ1v) is 10.3. The first-order valence-electron chi connectivity index (χ1n) is 8.40. The zero-order chi connectivity index (χ0) is 21.4. The molecule has 0 aliphatic rings. The van der Waals surface area contributed by atoms with Crippen molar-refractivity contribution < 1.29 is 32.2 Å². The summed E-state index contributed by atoms with van der Waals surface area (Å²) in [6, 6.07) is 11.0. The molecule has 2 aromatic rings. The van der Waals surface area contributed by atoms with Crippen molar-refractivity contribution in [2.24, 2.45) is 0 Å². The lowest BCUT2D eigenvalue weighted by molar-refractivity contribution is -0.142. The van der Waals surface area contributed by atoms with E-state index in [0.29, 0.717) is 17.1 Å². The summed E-state index contributed by atoms with van der Waals surface area (Å²) in [6.45, 7) is -0.567. The SMILES string of the molecule is COc1cc(/C=C/C(=O)OCC(=O)Nc2ccccc2S(C)(=O)=O)cc(OC)c1. The van der Waals surface area contributed by atoms with Gasteiger partial charge in [-0.2, -0.15) is 0 Å². The van der Waals surface area contributed by atoms with Gasteiger partial charge >= 0.3 is 5.97 Å². The van der Waals surface area contributed by atoms with Gasteiger partial charge in [0.2, 0.25) is 0 Å². The molecule has 1 N–H and O–H groups in total. The molecule has 0 unspecified atom stereocenters. The van der Waals surface area contributed by atoms with E-state index in [9.17, 15) is 18.0 Å². The number of ether oxygens (including phenoxy) is 3. The van der Waals surface area contributed by atoms with E-state index in [1.165, 1.54) is 32.4 Å². The van der Waals surface area contributed by atoms with Crippen LogP contribution in [0, 0.1) is 0 Å². The number of para-hydroxylation sites is 1. The average Bonchev–Trinajstić information content (AvgIpc) is 2.70. The highest BCUT2D eigenvalue weighted by atomic mass is 32.2. The van der Waals surface area contributed by atoms with Gasteiger partial charge in [-0.25, -0.2) is 13.2 Å². The summed E-state index contributed by atoms with van der Waals surface area (Å²) < 4.78 is 38.7. The maximum atomic E-state index is 12.0. The predicted molar refractivity (Wildman–Crippen MR) is 108 cm³/mol. The van der Waals surface area contributed by atoms with Crippen LogP contribution in [0.5, 0.6) is 11.5 Å². The molecule has 0 heterocycles. The van der Waals surface area contributed by atoms with Crippen molar-refractivity contribution in [1.29, 1.82) is 0 Å². The van der Waals surface area contributed by atoms with Crippen LogP contribution in [0.4, 0.5) is 5.69 Å². The molecule has 8 nitrogen and oxygen atoms in total. The molecule has 0 saturated carbocycles. The molecular weight excluding hydrogens is 398 g/mol. The van der Waals surface area contributed by atoms with E-state index >= 15 is 0 Å². The van der Waals surface area contributed by atoms with Crippen molar-refractivity contribution in [2.75, 3.05) is 32.4 Å². The van der Waals surface area contributed by atoms with E-state index in [4.69, 9.17) is 14.2 Å². The highest BCUT2D eigenvalue weighted by Gasteiger charge is 2.15. The second-order valence-corrected chi connectivity index (χ2v) is 7.89. The van der Waals surface area contributed by atoms with Crippen molar-refractivity contribution in [3.05, 3.63) is 54.1 Å². The molecule has 0 aliphatic carbocycles. The Labute approximate surface area is 169 Å². The number of esters is 1. The largest absolute Gasteiger partial charge is 0.497 e. The maximum Gasteiger partial charge on any atom is 0.331 e. The van der Waals surface area contributed by atoms with Crippen LogP contribution in [0.25, 0.3) is 6.08 Å².